The molecule has 2 atom stereocenters. The van der Waals surface area contributed by atoms with Gasteiger partial charge in [0.1, 0.15) is 6.10 Å². The van der Waals surface area contributed by atoms with Crippen molar-refractivity contribution in [2.45, 2.75) is 71.8 Å². The van der Waals surface area contributed by atoms with Gasteiger partial charge in [-0.2, -0.15) is 0 Å². The highest BCUT2D eigenvalue weighted by Crippen LogP contribution is 2.24. The van der Waals surface area contributed by atoms with E-state index in [0.717, 1.165) is 43.9 Å². The minimum atomic E-state index is 0.204. The largest absolute Gasteiger partial charge is 0.474 e. The molecule has 0 amide bonds. The van der Waals surface area contributed by atoms with Crippen LogP contribution in [0, 0.1) is 0 Å². The summed E-state index contributed by atoms with van der Waals surface area (Å²) in [6.07, 6.45) is 3.52. The van der Waals surface area contributed by atoms with E-state index in [2.05, 4.69) is 50.1 Å². The zero-order valence-electron chi connectivity index (χ0n) is 13.7. The summed E-state index contributed by atoms with van der Waals surface area (Å²) in [5, 5.41) is 3.36. The summed E-state index contributed by atoms with van der Waals surface area (Å²) >= 11 is 0. The third-order valence-electron chi connectivity index (χ3n) is 3.80. The fourth-order valence-corrected chi connectivity index (χ4v) is 2.84. The Labute approximate surface area is 128 Å². The lowest BCUT2D eigenvalue weighted by molar-refractivity contribution is -0.0730. The van der Waals surface area contributed by atoms with Crippen LogP contribution in [0.25, 0.3) is 0 Å². The van der Waals surface area contributed by atoms with Crippen molar-refractivity contribution in [1.29, 1.82) is 0 Å². The number of pyridine rings is 1. The van der Waals surface area contributed by atoms with E-state index in [1.807, 2.05) is 0 Å². The van der Waals surface area contributed by atoms with Gasteiger partial charge in [0.05, 0.1) is 12.2 Å². The van der Waals surface area contributed by atoms with E-state index in [1.54, 1.807) is 0 Å². The van der Waals surface area contributed by atoms with Crippen molar-refractivity contribution < 1.29 is 9.47 Å². The molecule has 1 aromatic heterocycles. The van der Waals surface area contributed by atoms with Gasteiger partial charge >= 0.3 is 0 Å². The number of hydrogen-bond acceptors (Lipinski definition) is 4. The summed E-state index contributed by atoms with van der Waals surface area (Å²) in [6, 6.07) is 4.22. The molecular weight excluding hydrogens is 264 g/mol. The SMILES string of the molecule is CCNCc1cc(CC)nc(OC2CC(C)OC(C)C2)c1. The van der Waals surface area contributed by atoms with Gasteiger partial charge in [-0.25, -0.2) is 4.98 Å². The van der Waals surface area contributed by atoms with Crippen LogP contribution >= 0.6 is 0 Å². The van der Waals surface area contributed by atoms with Crippen molar-refractivity contribution in [3.8, 4) is 5.88 Å². The Morgan fingerprint density at radius 3 is 2.57 bits per heavy atom. The lowest BCUT2D eigenvalue weighted by Gasteiger charge is -2.32. The first-order valence-corrected chi connectivity index (χ1v) is 8.13. The van der Waals surface area contributed by atoms with E-state index >= 15 is 0 Å². The normalized spacial score (nSPS) is 25.8. The standard InChI is InChI=1S/C17H28N2O2/c1-5-15-9-14(11-18-6-2)10-17(19-15)21-16-7-12(3)20-13(4)8-16/h9-10,12-13,16,18H,5-8,11H2,1-4H3. The zero-order valence-corrected chi connectivity index (χ0v) is 13.7. The molecule has 0 spiro atoms. The number of hydrogen-bond donors (Lipinski definition) is 1. The number of nitrogens with zero attached hydrogens (tertiary/aromatic N) is 1. The summed E-state index contributed by atoms with van der Waals surface area (Å²) in [5.74, 6) is 0.758. The number of nitrogens with one attached hydrogen (secondary N) is 1. The van der Waals surface area contributed by atoms with Gasteiger partial charge in [0, 0.05) is 31.1 Å². The van der Waals surface area contributed by atoms with Crippen molar-refractivity contribution in [2.75, 3.05) is 6.54 Å². The van der Waals surface area contributed by atoms with Crippen molar-refractivity contribution in [3.05, 3.63) is 23.4 Å². The average molecular weight is 292 g/mol. The van der Waals surface area contributed by atoms with Gasteiger partial charge < -0.3 is 14.8 Å². The number of rotatable bonds is 6. The average Bonchev–Trinajstić information content (AvgIpc) is 2.43. The second-order valence-corrected chi connectivity index (χ2v) is 5.91. The van der Waals surface area contributed by atoms with Crippen LogP contribution in [0.4, 0.5) is 0 Å². The lowest BCUT2D eigenvalue weighted by Crippen LogP contribution is -2.35. The van der Waals surface area contributed by atoms with Crippen LogP contribution < -0.4 is 10.1 Å². The first kappa shape index (κ1) is 16.2. The molecule has 1 aliphatic heterocycles. The minimum Gasteiger partial charge on any atom is -0.474 e. The number of ether oxygens (including phenoxy) is 2. The molecule has 1 aromatic rings. The summed E-state index contributed by atoms with van der Waals surface area (Å²) in [7, 11) is 0. The Hall–Kier alpha value is -1.13. The first-order valence-electron chi connectivity index (χ1n) is 8.13. The van der Waals surface area contributed by atoms with Gasteiger partial charge in [-0.3, -0.25) is 0 Å². The fraction of sp³-hybridized carbons (Fsp3) is 0.706. The van der Waals surface area contributed by atoms with E-state index in [1.165, 1.54) is 5.56 Å². The van der Waals surface area contributed by atoms with Gasteiger partial charge in [-0.05, 0) is 38.4 Å². The van der Waals surface area contributed by atoms with Crippen LogP contribution in [0.15, 0.2) is 12.1 Å². The molecule has 0 radical (unpaired) electrons. The first-order chi connectivity index (χ1) is 10.1. The molecule has 1 saturated heterocycles. The molecule has 0 aromatic carbocycles. The second-order valence-electron chi connectivity index (χ2n) is 5.91. The van der Waals surface area contributed by atoms with Crippen LogP contribution in [-0.2, 0) is 17.7 Å². The van der Waals surface area contributed by atoms with Crippen LogP contribution in [0.5, 0.6) is 5.88 Å². The molecule has 1 fully saturated rings. The topological polar surface area (TPSA) is 43.4 Å². The van der Waals surface area contributed by atoms with E-state index in [4.69, 9.17) is 9.47 Å². The molecule has 2 rings (SSSR count). The molecule has 0 bridgehead atoms. The minimum absolute atomic E-state index is 0.204. The van der Waals surface area contributed by atoms with Crippen LogP contribution in [0.1, 0.15) is 51.8 Å². The lowest BCUT2D eigenvalue weighted by atomic mass is 10.0. The monoisotopic (exact) mass is 292 g/mol. The molecule has 118 valence electrons. The van der Waals surface area contributed by atoms with Crippen molar-refractivity contribution in [2.24, 2.45) is 0 Å². The molecule has 4 nitrogen and oxygen atoms in total. The highest BCUT2D eigenvalue weighted by atomic mass is 16.5. The fourth-order valence-electron chi connectivity index (χ4n) is 2.84. The van der Waals surface area contributed by atoms with Gasteiger partial charge in [-0.1, -0.05) is 13.8 Å². The highest BCUT2D eigenvalue weighted by molar-refractivity contribution is 5.25. The smallest absolute Gasteiger partial charge is 0.214 e. The molecule has 1 aliphatic rings. The Bertz CT molecular complexity index is 440. The Kier molecular flexibility index (Phi) is 6.00. The van der Waals surface area contributed by atoms with Crippen molar-refractivity contribution in [1.82, 2.24) is 10.3 Å². The van der Waals surface area contributed by atoms with E-state index in [9.17, 15) is 0 Å². The highest BCUT2D eigenvalue weighted by Gasteiger charge is 2.26. The van der Waals surface area contributed by atoms with Crippen LogP contribution in [-0.4, -0.2) is 29.8 Å². The third kappa shape index (κ3) is 4.97. The molecule has 2 heterocycles. The number of aryl methyl sites for hydroxylation is 1. The summed E-state index contributed by atoms with van der Waals surface area (Å²) in [4.78, 5) is 4.61. The molecular formula is C17H28N2O2. The predicted molar refractivity (Wildman–Crippen MR) is 84.7 cm³/mol. The maximum Gasteiger partial charge on any atom is 0.214 e. The van der Waals surface area contributed by atoms with Gasteiger partial charge in [-0.15, -0.1) is 0 Å². The summed E-state index contributed by atoms with van der Waals surface area (Å²) in [6.45, 7) is 10.3. The third-order valence-corrected chi connectivity index (χ3v) is 3.80. The molecule has 0 aliphatic carbocycles. The summed E-state index contributed by atoms with van der Waals surface area (Å²) < 4.78 is 11.9. The van der Waals surface area contributed by atoms with E-state index < -0.39 is 0 Å². The Morgan fingerprint density at radius 2 is 1.95 bits per heavy atom. The van der Waals surface area contributed by atoms with Gasteiger partial charge in [0.2, 0.25) is 5.88 Å². The Morgan fingerprint density at radius 1 is 1.24 bits per heavy atom. The van der Waals surface area contributed by atoms with E-state index in [0.29, 0.717) is 0 Å². The van der Waals surface area contributed by atoms with Crippen LogP contribution in [0.3, 0.4) is 0 Å². The van der Waals surface area contributed by atoms with Crippen molar-refractivity contribution in [3.63, 3.8) is 0 Å². The predicted octanol–water partition coefficient (Wildman–Crippen LogP) is 3.09. The number of aromatic nitrogens is 1. The quantitative estimate of drug-likeness (QED) is 0.875. The van der Waals surface area contributed by atoms with E-state index in [-0.39, 0.29) is 18.3 Å². The van der Waals surface area contributed by atoms with Gasteiger partial charge in [0.15, 0.2) is 0 Å². The molecule has 2 unspecified atom stereocenters. The zero-order chi connectivity index (χ0) is 15.2. The molecule has 1 N–H and O–H groups in total. The Balaban J connectivity index is 2.07. The van der Waals surface area contributed by atoms with Crippen LogP contribution in [0.2, 0.25) is 0 Å². The second kappa shape index (κ2) is 7.76. The summed E-state index contributed by atoms with van der Waals surface area (Å²) in [5.41, 5.74) is 2.33. The van der Waals surface area contributed by atoms with Crippen molar-refractivity contribution >= 4 is 0 Å². The maximum atomic E-state index is 6.14. The van der Waals surface area contributed by atoms with Gasteiger partial charge in [0.25, 0.3) is 0 Å². The molecule has 4 heteroatoms. The molecule has 0 saturated carbocycles. The molecule has 21 heavy (non-hydrogen) atoms. The maximum absolute atomic E-state index is 6.14.